The van der Waals surface area contributed by atoms with E-state index in [-0.39, 0.29) is 5.41 Å². The second kappa shape index (κ2) is 13.1. The maximum absolute atomic E-state index is 6.51. The van der Waals surface area contributed by atoms with Crippen LogP contribution in [-0.2, 0) is 5.41 Å². The normalized spacial score (nSPS) is 13.0. The van der Waals surface area contributed by atoms with Crippen LogP contribution in [0, 0.1) is 0 Å². The standard InChI is InChI=1S/C55H36N4O/c1-55(2)47-19-11-10-17-43(47)44-29-27-40(32-48(44)55)53-58-51(57-52(59-53)39-25-22-33-12-6-7-15-37(33)30-39)35-23-20-34(21-24-35)38-26-28-42-41-16-8-9-18-45(41)50-49(46(42)31-38)56-54(60-50)36-13-4-3-5-14-36/h3-32H,1-2H3. The number of hydrogen-bond acceptors (Lipinski definition) is 5. The van der Waals surface area contributed by atoms with Gasteiger partial charge < -0.3 is 4.42 Å². The van der Waals surface area contributed by atoms with E-state index in [9.17, 15) is 0 Å². The Labute approximate surface area is 346 Å². The Balaban J connectivity index is 0.972. The average molecular weight is 769 g/mol. The molecule has 0 aliphatic heterocycles. The van der Waals surface area contributed by atoms with Crippen molar-refractivity contribution in [2.45, 2.75) is 19.3 Å². The molecular weight excluding hydrogens is 733 g/mol. The molecule has 282 valence electrons. The molecule has 12 rings (SSSR count). The second-order valence-corrected chi connectivity index (χ2v) is 16.2. The molecule has 1 aliphatic rings. The topological polar surface area (TPSA) is 64.7 Å². The summed E-state index contributed by atoms with van der Waals surface area (Å²) in [5, 5.41) is 6.71. The van der Waals surface area contributed by atoms with Gasteiger partial charge in [-0.1, -0.05) is 166 Å². The monoisotopic (exact) mass is 768 g/mol. The van der Waals surface area contributed by atoms with Crippen LogP contribution in [0.4, 0.5) is 0 Å². The predicted molar refractivity (Wildman–Crippen MR) is 245 cm³/mol. The Bertz CT molecular complexity index is 3510. The van der Waals surface area contributed by atoms with Gasteiger partial charge in [-0.3, -0.25) is 0 Å². The third kappa shape index (κ3) is 5.40. The van der Waals surface area contributed by atoms with Gasteiger partial charge in [0.25, 0.3) is 0 Å². The van der Waals surface area contributed by atoms with Crippen LogP contribution in [0.3, 0.4) is 0 Å². The van der Waals surface area contributed by atoms with E-state index < -0.39 is 0 Å². The Morgan fingerprint density at radius 1 is 0.367 bits per heavy atom. The molecule has 0 saturated carbocycles. The molecule has 5 nitrogen and oxygen atoms in total. The number of fused-ring (bicyclic) bond motifs is 10. The van der Waals surface area contributed by atoms with Crippen molar-refractivity contribution in [2.24, 2.45) is 0 Å². The van der Waals surface area contributed by atoms with E-state index in [0.717, 1.165) is 71.4 Å². The van der Waals surface area contributed by atoms with Crippen molar-refractivity contribution in [2.75, 3.05) is 0 Å². The molecule has 0 bridgehead atoms. The van der Waals surface area contributed by atoms with Crippen molar-refractivity contribution in [3.8, 4) is 67.9 Å². The molecule has 5 heteroatoms. The Morgan fingerprint density at radius 2 is 0.950 bits per heavy atom. The largest absolute Gasteiger partial charge is 0.435 e. The van der Waals surface area contributed by atoms with Crippen molar-refractivity contribution in [1.82, 2.24) is 19.9 Å². The lowest BCUT2D eigenvalue weighted by Crippen LogP contribution is -2.15. The van der Waals surface area contributed by atoms with Crippen LogP contribution in [0.25, 0.3) is 111 Å². The van der Waals surface area contributed by atoms with Crippen molar-refractivity contribution in [3.63, 3.8) is 0 Å². The zero-order chi connectivity index (χ0) is 40.0. The van der Waals surface area contributed by atoms with Gasteiger partial charge in [0.2, 0.25) is 5.89 Å². The zero-order valence-corrected chi connectivity index (χ0v) is 33.0. The Kier molecular flexibility index (Phi) is 7.51. The lowest BCUT2D eigenvalue weighted by Gasteiger charge is -2.21. The molecule has 2 heterocycles. The number of hydrogen-bond donors (Lipinski definition) is 0. The van der Waals surface area contributed by atoms with Crippen LogP contribution >= 0.6 is 0 Å². The highest BCUT2D eigenvalue weighted by molar-refractivity contribution is 6.23. The smallest absolute Gasteiger partial charge is 0.227 e. The van der Waals surface area contributed by atoms with Gasteiger partial charge in [-0.25, -0.2) is 19.9 Å². The number of aromatic nitrogens is 4. The SMILES string of the molecule is CC1(C)c2ccccc2-c2ccc(-c3nc(-c4ccc(-c5ccc6c7ccccc7c7oc(-c8ccccc8)nc7c6c5)cc4)nc(-c4ccc5ccccc5c4)n3)cc21. The van der Waals surface area contributed by atoms with E-state index in [4.69, 9.17) is 24.4 Å². The Morgan fingerprint density at radius 3 is 1.77 bits per heavy atom. The van der Waals surface area contributed by atoms with Crippen LogP contribution in [0.1, 0.15) is 25.0 Å². The maximum atomic E-state index is 6.51. The summed E-state index contributed by atoms with van der Waals surface area (Å²) in [6.45, 7) is 4.60. The minimum atomic E-state index is -0.145. The molecule has 11 aromatic rings. The fraction of sp³-hybridized carbons (Fsp3) is 0.0545. The van der Waals surface area contributed by atoms with Crippen molar-refractivity contribution in [1.29, 1.82) is 0 Å². The van der Waals surface area contributed by atoms with E-state index in [1.807, 2.05) is 30.3 Å². The lowest BCUT2D eigenvalue weighted by atomic mass is 9.82. The first-order valence-corrected chi connectivity index (χ1v) is 20.4. The van der Waals surface area contributed by atoms with Crippen LogP contribution in [0.5, 0.6) is 0 Å². The molecule has 0 spiro atoms. The van der Waals surface area contributed by atoms with Gasteiger partial charge in [0, 0.05) is 38.4 Å². The molecule has 0 amide bonds. The third-order valence-corrected chi connectivity index (χ3v) is 12.3. The summed E-state index contributed by atoms with van der Waals surface area (Å²) in [6, 6.07) is 63.9. The molecule has 2 aromatic heterocycles. The number of nitrogens with zero attached hydrogens (tertiary/aromatic N) is 4. The van der Waals surface area contributed by atoms with Crippen LogP contribution < -0.4 is 0 Å². The number of benzene rings is 9. The molecule has 0 radical (unpaired) electrons. The van der Waals surface area contributed by atoms with Gasteiger partial charge in [0.15, 0.2) is 23.1 Å². The van der Waals surface area contributed by atoms with Gasteiger partial charge >= 0.3 is 0 Å². The quantitative estimate of drug-likeness (QED) is 0.163. The van der Waals surface area contributed by atoms with Gasteiger partial charge in [-0.05, 0) is 85.3 Å². The maximum Gasteiger partial charge on any atom is 0.227 e. The molecule has 9 aromatic carbocycles. The summed E-state index contributed by atoms with van der Waals surface area (Å²) in [4.78, 5) is 20.5. The highest BCUT2D eigenvalue weighted by Gasteiger charge is 2.35. The first-order chi connectivity index (χ1) is 29.5. The minimum absolute atomic E-state index is 0.145. The van der Waals surface area contributed by atoms with E-state index in [1.165, 1.54) is 27.6 Å². The van der Waals surface area contributed by atoms with Crippen LogP contribution in [0.2, 0.25) is 0 Å². The predicted octanol–water partition coefficient (Wildman–Crippen LogP) is 14.1. The first-order valence-electron chi connectivity index (χ1n) is 20.4. The zero-order valence-electron chi connectivity index (χ0n) is 33.0. The molecule has 0 unspecified atom stereocenters. The molecule has 0 fully saturated rings. The van der Waals surface area contributed by atoms with Crippen LogP contribution in [-0.4, -0.2) is 19.9 Å². The van der Waals surface area contributed by atoms with Gasteiger partial charge in [0.05, 0.1) is 0 Å². The first kappa shape index (κ1) is 34.3. The van der Waals surface area contributed by atoms with Gasteiger partial charge in [-0.15, -0.1) is 0 Å². The summed E-state index contributed by atoms with van der Waals surface area (Å²) in [6.07, 6.45) is 0. The summed E-state index contributed by atoms with van der Waals surface area (Å²) in [5.41, 5.74) is 12.6. The van der Waals surface area contributed by atoms with Crippen LogP contribution in [0.15, 0.2) is 186 Å². The fourth-order valence-electron chi connectivity index (χ4n) is 9.21. The molecule has 0 N–H and O–H groups in total. The molecule has 60 heavy (non-hydrogen) atoms. The van der Waals surface area contributed by atoms with Gasteiger partial charge in [0.1, 0.15) is 5.52 Å². The summed E-state index contributed by atoms with van der Waals surface area (Å²) >= 11 is 0. The second-order valence-electron chi connectivity index (χ2n) is 16.2. The highest BCUT2D eigenvalue weighted by atomic mass is 16.3. The molecule has 0 atom stereocenters. The van der Waals surface area contributed by atoms with E-state index >= 15 is 0 Å². The summed E-state index contributed by atoms with van der Waals surface area (Å²) in [7, 11) is 0. The van der Waals surface area contributed by atoms with Crippen molar-refractivity contribution >= 4 is 43.4 Å². The lowest BCUT2D eigenvalue weighted by molar-refractivity contribution is 0.623. The average Bonchev–Trinajstić information content (AvgIpc) is 3.86. The van der Waals surface area contributed by atoms with Crippen molar-refractivity contribution < 1.29 is 4.42 Å². The number of oxazole rings is 1. The summed E-state index contributed by atoms with van der Waals surface area (Å²) < 4.78 is 6.51. The van der Waals surface area contributed by atoms with Crippen molar-refractivity contribution in [3.05, 3.63) is 193 Å². The van der Waals surface area contributed by atoms with E-state index in [1.54, 1.807) is 0 Å². The number of rotatable bonds is 5. The third-order valence-electron chi connectivity index (χ3n) is 12.3. The fourth-order valence-corrected chi connectivity index (χ4v) is 9.21. The van der Waals surface area contributed by atoms with E-state index in [0.29, 0.717) is 23.4 Å². The molecule has 1 aliphatic carbocycles. The molecular formula is C55H36N4O. The van der Waals surface area contributed by atoms with E-state index in [2.05, 4.69) is 166 Å². The highest BCUT2D eigenvalue weighted by Crippen LogP contribution is 2.49. The minimum Gasteiger partial charge on any atom is -0.435 e. The summed E-state index contributed by atoms with van der Waals surface area (Å²) in [5.74, 6) is 2.53. The molecule has 0 saturated heterocycles. The Hall–Kier alpha value is -7.76. The van der Waals surface area contributed by atoms with Gasteiger partial charge in [-0.2, -0.15) is 0 Å².